The van der Waals surface area contributed by atoms with Gasteiger partial charge in [-0.25, -0.2) is 0 Å². The second kappa shape index (κ2) is 10.3. The lowest BCUT2D eigenvalue weighted by molar-refractivity contribution is 1.28. The lowest BCUT2D eigenvalue weighted by atomic mass is 9.84. The van der Waals surface area contributed by atoms with Crippen LogP contribution in [0.1, 0.15) is 5.56 Å². The highest BCUT2D eigenvalue weighted by Gasteiger charge is 2.18. The van der Waals surface area contributed by atoms with E-state index in [1.54, 1.807) is 6.20 Å². The molecule has 8 aromatic rings. The zero-order valence-corrected chi connectivity index (χ0v) is 23.8. The molecule has 43 heavy (non-hydrogen) atoms. The summed E-state index contributed by atoms with van der Waals surface area (Å²) in [7, 11) is 0. The Balaban J connectivity index is 1.29. The minimum atomic E-state index is 0.926. The van der Waals surface area contributed by atoms with Crippen LogP contribution in [0.2, 0.25) is 0 Å². The van der Waals surface area contributed by atoms with Crippen LogP contribution in [0.4, 0.5) is 0 Å². The van der Waals surface area contributed by atoms with Gasteiger partial charge in [-0.2, -0.15) is 0 Å². The quantitative estimate of drug-likeness (QED) is 0.204. The van der Waals surface area contributed by atoms with Crippen LogP contribution in [0.25, 0.3) is 77.0 Å². The highest BCUT2D eigenvalue weighted by molar-refractivity contribution is 6.22. The first-order chi connectivity index (χ1) is 21.2. The smallest absolute Gasteiger partial charge is 0.0717 e. The Kier molecular flexibility index (Phi) is 6.05. The minimum absolute atomic E-state index is 0.926. The molecule has 2 heteroatoms. The standard InChI is InChI=1S/C41H28N2/c1-27-23-30(32-19-21-39(43-26-32)33-11-8-22-42-25-33)18-20-34(27)41-37-14-6-4-12-35(37)40(36-13-5-7-15-38(36)41)31-17-16-28-9-2-3-10-29(28)24-31/h2-26H,1H3. The van der Waals surface area contributed by atoms with E-state index in [4.69, 9.17) is 4.98 Å². The zero-order chi connectivity index (χ0) is 28.8. The molecule has 6 aromatic carbocycles. The summed E-state index contributed by atoms with van der Waals surface area (Å²) in [6, 6.07) is 48.1. The molecule has 0 aliphatic rings. The molecule has 2 aromatic heterocycles. The van der Waals surface area contributed by atoms with Crippen molar-refractivity contribution < 1.29 is 0 Å². The van der Waals surface area contributed by atoms with Crippen molar-refractivity contribution >= 4 is 32.3 Å². The van der Waals surface area contributed by atoms with Gasteiger partial charge in [0.15, 0.2) is 0 Å². The summed E-state index contributed by atoms with van der Waals surface area (Å²) in [5.74, 6) is 0. The molecule has 0 fully saturated rings. The molecule has 0 aliphatic heterocycles. The van der Waals surface area contributed by atoms with Crippen LogP contribution in [0.5, 0.6) is 0 Å². The molecule has 0 amide bonds. The van der Waals surface area contributed by atoms with E-state index < -0.39 is 0 Å². The minimum Gasteiger partial charge on any atom is -0.264 e. The second-order valence-corrected chi connectivity index (χ2v) is 11.1. The first-order valence-corrected chi connectivity index (χ1v) is 14.6. The Morgan fingerprint density at radius 3 is 1.74 bits per heavy atom. The Labute approximate surface area is 251 Å². The Morgan fingerprint density at radius 2 is 1.09 bits per heavy atom. The van der Waals surface area contributed by atoms with E-state index in [0.29, 0.717) is 0 Å². The van der Waals surface area contributed by atoms with Crippen LogP contribution < -0.4 is 0 Å². The highest BCUT2D eigenvalue weighted by atomic mass is 14.7. The van der Waals surface area contributed by atoms with E-state index in [-0.39, 0.29) is 0 Å². The lowest BCUT2D eigenvalue weighted by Gasteiger charge is -2.19. The van der Waals surface area contributed by atoms with Gasteiger partial charge in [-0.15, -0.1) is 0 Å². The first-order valence-electron chi connectivity index (χ1n) is 14.6. The number of aromatic nitrogens is 2. The molecule has 0 N–H and O–H groups in total. The summed E-state index contributed by atoms with van der Waals surface area (Å²) in [6.45, 7) is 2.22. The maximum absolute atomic E-state index is 4.73. The van der Waals surface area contributed by atoms with Crippen molar-refractivity contribution in [3.63, 3.8) is 0 Å². The van der Waals surface area contributed by atoms with Crippen LogP contribution >= 0.6 is 0 Å². The number of rotatable bonds is 4. The van der Waals surface area contributed by atoms with Gasteiger partial charge in [-0.1, -0.05) is 109 Å². The number of hydrogen-bond acceptors (Lipinski definition) is 2. The van der Waals surface area contributed by atoms with Crippen molar-refractivity contribution in [3.05, 3.63) is 158 Å². The van der Waals surface area contributed by atoms with Crippen molar-refractivity contribution in [1.82, 2.24) is 9.97 Å². The Bertz CT molecular complexity index is 2230. The third-order valence-electron chi connectivity index (χ3n) is 8.52. The molecule has 2 heterocycles. The van der Waals surface area contributed by atoms with Gasteiger partial charge in [0.25, 0.3) is 0 Å². The van der Waals surface area contributed by atoms with Crippen LogP contribution in [0.15, 0.2) is 152 Å². The number of aryl methyl sites for hydroxylation is 1. The first kappa shape index (κ1) is 25.1. The fourth-order valence-electron chi connectivity index (χ4n) is 6.45. The van der Waals surface area contributed by atoms with Gasteiger partial charge in [0.05, 0.1) is 5.69 Å². The van der Waals surface area contributed by atoms with E-state index in [9.17, 15) is 0 Å². The SMILES string of the molecule is Cc1cc(-c2ccc(-c3cccnc3)nc2)ccc1-c1c2ccccc2c(-c2ccc3ccccc3c2)c2ccccc12. The molecule has 0 saturated heterocycles. The number of fused-ring (bicyclic) bond motifs is 3. The molecule has 0 saturated carbocycles. The van der Waals surface area contributed by atoms with Gasteiger partial charge < -0.3 is 0 Å². The third kappa shape index (κ3) is 4.36. The predicted molar refractivity (Wildman–Crippen MR) is 181 cm³/mol. The molecule has 0 radical (unpaired) electrons. The second-order valence-electron chi connectivity index (χ2n) is 11.1. The zero-order valence-electron chi connectivity index (χ0n) is 23.8. The average Bonchev–Trinajstić information content (AvgIpc) is 3.07. The van der Waals surface area contributed by atoms with Gasteiger partial charge in [0.1, 0.15) is 0 Å². The number of benzene rings is 6. The maximum Gasteiger partial charge on any atom is 0.0717 e. The summed E-state index contributed by atoms with van der Waals surface area (Å²) in [5, 5.41) is 7.58. The maximum atomic E-state index is 4.73. The van der Waals surface area contributed by atoms with Crippen molar-refractivity contribution in [1.29, 1.82) is 0 Å². The van der Waals surface area contributed by atoms with Crippen LogP contribution in [0, 0.1) is 6.92 Å². The molecule has 0 unspecified atom stereocenters. The van der Waals surface area contributed by atoms with Gasteiger partial charge in [-0.3, -0.25) is 9.97 Å². The summed E-state index contributed by atoms with van der Waals surface area (Å²) in [5.41, 5.74) is 10.5. The molecule has 0 aliphatic carbocycles. The molecular weight excluding hydrogens is 520 g/mol. The van der Waals surface area contributed by atoms with E-state index in [1.807, 2.05) is 24.5 Å². The molecule has 0 spiro atoms. The fourth-order valence-corrected chi connectivity index (χ4v) is 6.45. The number of hydrogen-bond donors (Lipinski definition) is 0. The van der Waals surface area contributed by atoms with Crippen LogP contribution in [0.3, 0.4) is 0 Å². The molecule has 0 bridgehead atoms. The summed E-state index contributed by atoms with van der Waals surface area (Å²) in [4.78, 5) is 8.96. The number of nitrogens with zero attached hydrogens (tertiary/aromatic N) is 2. The van der Waals surface area contributed by atoms with Crippen molar-refractivity contribution in [3.8, 4) is 44.6 Å². The Morgan fingerprint density at radius 1 is 0.442 bits per heavy atom. The lowest BCUT2D eigenvalue weighted by Crippen LogP contribution is -1.93. The summed E-state index contributed by atoms with van der Waals surface area (Å²) < 4.78 is 0. The number of pyridine rings is 2. The van der Waals surface area contributed by atoms with Gasteiger partial charge >= 0.3 is 0 Å². The van der Waals surface area contributed by atoms with Crippen molar-refractivity contribution in [2.75, 3.05) is 0 Å². The summed E-state index contributed by atoms with van der Waals surface area (Å²) in [6.07, 6.45) is 5.59. The fraction of sp³-hybridized carbons (Fsp3) is 0.0244. The average molecular weight is 549 g/mol. The predicted octanol–water partition coefficient (Wildman–Crippen LogP) is 10.9. The highest BCUT2D eigenvalue weighted by Crippen LogP contribution is 2.45. The van der Waals surface area contributed by atoms with Crippen LogP contribution in [-0.2, 0) is 0 Å². The van der Waals surface area contributed by atoms with Gasteiger partial charge in [0.2, 0.25) is 0 Å². The van der Waals surface area contributed by atoms with E-state index in [1.165, 1.54) is 60.1 Å². The molecule has 0 atom stereocenters. The van der Waals surface area contributed by atoms with Gasteiger partial charge in [-0.05, 0) is 96.9 Å². The van der Waals surface area contributed by atoms with Crippen LogP contribution in [-0.4, -0.2) is 9.97 Å². The molecular formula is C41H28N2. The molecule has 8 rings (SSSR count). The monoisotopic (exact) mass is 548 g/mol. The van der Waals surface area contributed by atoms with Gasteiger partial charge in [0, 0.05) is 29.7 Å². The van der Waals surface area contributed by atoms with E-state index >= 15 is 0 Å². The third-order valence-corrected chi connectivity index (χ3v) is 8.52. The van der Waals surface area contributed by atoms with Crippen molar-refractivity contribution in [2.45, 2.75) is 6.92 Å². The molecule has 202 valence electrons. The summed E-state index contributed by atoms with van der Waals surface area (Å²) >= 11 is 0. The Hall–Kier alpha value is -5.60. The van der Waals surface area contributed by atoms with E-state index in [2.05, 4.69) is 133 Å². The van der Waals surface area contributed by atoms with Crippen molar-refractivity contribution in [2.24, 2.45) is 0 Å². The van der Waals surface area contributed by atoms with E-state index in [0.717, 1.165) is 22.4 Å². The normalized spacial score (nSPS) is 11.4. The topological polar surface area (TPSA) is 25.8 Å². The largest absolute Gasteiger partial charge is 0.264 e. The molecule has 2 nitrogen and oxygen atoms in total.